The number of carboxylic acids is 1. The fourth-order valence-electron chi connectivity index (χ4n) is 0.998. The first-order valence-electron chi connectivity index (χ1n) is 4.11. The van der Waals surface area contributed by atoms with E-state index in [0.717, 1.165) is 5.56 Å². The van der Waals surface area contributed by atoms with Crippen LogP contribution in [-0.2, 0) is 4.79 Å². The quantitative estimate of drug-likeness (QED) is 0.708. The van der Waals surface area contributed by atoms with Crippen molar-refractivity contribution in [2.45, 2.75) is 12.5 Å². The molecule has 1 aromatic rings. The first-order chi connectivity index (χ1) is 6.24. The number of nitrogens with two attached hydrogens (primary N) is 1. The van der Waals surface area contributed by atoms with Gasteiger partial charge in [0.25, 0.3) is 1.43 Å². The second-order valence-corrected chi connectivity index (χ2v) is 2.59. The van der Waals surface area contributed by atoms with Gasteiger partial charge in [-0.2, -0.15) is 0 Å². The maximum Gasteiger partial charge on any atom is 0.305 e. The molecule has 64 valence electrons. The van der Waals surface area contributed by atoms with E-state index >= 15 is 0 Å². The standard InChI is InChI=1S/C9H11NO2/c10-8(6-9(11)12)7-4-2-1-3-5-7/h1-5,8H,6,10H2,(H,11,12)/i/hD. The average molecular weight is 166 g/mol. The largest absolute Gasteiger partial charge is 0.481 e. The molecule has 0 heterocycles. The fourth-order valence-corrected chi connectivity index (χ4v) is 0.998. The lowest BCUT2D eigenvalue weighted by Gasteiger charge is -2.07. The van der Waals surface area contributed by atoms with E-state index < -0.39 is 5.97 Å². The third-order valence-corrected chi connectivity index (χ3v) is 1.61. The maximum absolute atomic E-state index is 10.7. The van der Waals surface area contributed by atoms with Gasteiger partial charge in [-0.25, -0.2) is 0 Å². The average Bonchev–Trinajstić information content (AvgIpc) is 2.19. The van der Waals surface area contributed by atoms with Crippen LogP contribution in [0.4, 0.5) is 0 Å². The first kappa shape index (κ1) is 7.31. The van der Waals surface area contributed by atoms with E-state index in [1.165, 1.54) is 0 Å². The summed E-state index contributed by atoms with van der Waals surface area (Å²) in [6, 6.07) is 8.85. The lowest BCUT2D eigenvalue weighted by atomic mass is 10.1. The molecule has 0 radical (unpaired) electrons. The Kier molecular flexibility index (Phi) is 2.36. The molecule has 0 aromatic heterocycles. The van der Waals surface area contributed by atoms with Crippen molar-refractivity contribution in [2.75, 3.05) is 0 Å². The number of carbonyl (C=O) groups is 1. The van der Waals surface area contributed by atoms with Crippen LogP contribution in [0.3, 0.4) is 0 Å². The Labute approximate surface area is 72.3 Å². The van der Waals surface area contributed by atoms with E-state index in [9.17, 15) is 4.79 Å². The molecule has 0 amide bonds. The summed E-state index contributed by atoms with van der Waals surface area (Å²) in [4.78, 5) is 10.7. The zero-order valence-corrected chi connectivity index (χ0v) is 6.57. The van der Waals surface area contributed by atoms with Crippen molar-refractivity contribution in [3.8, 4) is 0 Å². The molecule has 1 aromatic carbocycles. The molecule has 1 atom stereocenters. The number of aliphatic carboxylic acids is 1. The van der Waals surface area contributed by atoms with E-state index in [2.05, 4.69) is 5.11 Å². The van der Waals surface area contributed by atoms with Crippen molar-refractivity contribution in [3.05, 3.63) is 35.9 Å². The highest BCUT2D eigenvalue weighted by molar-refractivity contribution is 5.67. The molecular weight excluding hydrogens is 154 g/mol. The molecule has 0 saturated carbocycles. The summed E-state index contributed by atoms with van der Waals surface area (Å²) in [5.41, 5.74) is 6.56. The number of benzene rings is 1. The van der Waals surface area contributed by atoms with Gasteiger partial charge in [0.15, 0.2) is 0 Å². The number of carboxylic acid groups (broad SMARTS) is 1. The van der Waals surface area contributed by atoms with E-state index in [0.29, 0.717) is 0 Å². The molecular formula is C9H11NO2. The minimum absolute atomic E-state index is 0.0352. The van der Waals surface area contributed by atoms with Gasteiger partial charge < -0.3 is 10.8 Å². The lowest BCUT2D eigenvalue weighted by Crippen LogP contribution is -2.14. The third kappa shape index (κ3) is 2.36. The molecule has 12 heavy (non-hydrogen) atoms. The SMILES string of the molecule is [2H]OC(=O)CC(N)c1ccccc1. The van der Waals surface area contributed by atoms with Gasteiger partial charge in [0, 0.05) is 6.04 Å². The zero-order chi connectivity index (χ0) is 9.68. The molecule has 3 heteroatoms. The van der Waals surface area contributed by atoms with Crippen LogP contribution < -0.4 is 5.73 Å². The second-order valence-electron chi connectivity index (χ2n) is 2.59. The van der Waals surface area contributed by atoms with E-state index in [1.807, 2.05) is 30.3 Å². The summed E-state index contributed by atoms with van der Waals surface area (Å²) in [6.45, 7) is 0. The number of hydrogen-bond donors (Lipinski definition) is 2. The number of hydrogen-bond acceptors (Lipinski definition) is 3. The Balaban J connectivity index is 2.59. The van der Waals surface area contributed by atoms with E-state index in [4.69, 9.17) is 7.16 Å². The Morgan fingerprint density at radius 2 is 2.25 bits per heavy atom. The molecule has 1 rings (SSSR count). The second kappa shape index (κ2) is 3.88. The van der Waals surface area contributed by atoms with Gasteiger partial charge >= 0.3 is 5.97 Å². The third-order valence-electron chi connectivity index (χ3n) is 1.61. The minimum atomic E-state index is -0.614. The van der Waals surface area contributed by atoms with Crippen LogP contribution in [0, 0.1) is 0 Å². The van der Waals surface area contributed by atoms with Crippen LogP contribution >= 0.6 is 0 Å². The van der Waals surface area contributed by atoms with E-state index in [1.54, 1.807) is 0 Å². The van der Waals surface area contributed by atoms with Gasteiger partial charge in [-0.1, -0.05) is 30.3 Å². The lowest BCUT2D eigenvalue weighted by molar-refractivity contribution is -0.137. The normalized spacial score (nSPS) is 13.2. The molecule has 0 bridgehead atoms. The summed E-state index contributed by atoms with van der Waals surface area (Å²) in [7, 11) is 0. The monoisotopic (exact) mass is 166 g/mol. The molecule has 0 fully saturated rings. The predicted molar refractivity (Wildman–Crippen MR) is 45.6 cm³/mol. The summed E-state index contributed by atoms with van der Waals surface area (Å²) in [5.74, 6) is -0.614. The molecule has 1 unspecified atom stereocenters. The Hall–Kier alpha value is -1.35. The van der Waals surface area contributed by atoms with Crippen molar-refractivity contribution in [3.63, 3.8) is 0 Å². The Morgan fingerprint density at radius 1 is 1.58 bits per heavy atom. The summed E-state index contributed by atoms with van der Waals surface area (Å²) >= 11 is 0. The predicted octanol–water partition coefficient (Wildman–Crippen LogP) is 1.16. The summed E-state index contributed by atoms with van der Waals surface area (Å²) in [6.07, 6.45) is 0.0352. The van der Waals surface area contributed by atoms with Crippen LogP contribution in [-0.4, -0.2) is 11.1 Å². The maximum atomic E-state index is 10.7. The molecule has 0 aliphatic rings. The number of rotatable bonds is 3. The van der Waals surface area contributed by atoms with E-state index in [-0.39, 0.29) is 12.5 Å². The molecule has 0 aliphatic heterocycles. The van der Waals surface area contributed by atoms with Crippen molar-refractivity contribution in [2.24, 2.45) is 5.73 Å². The highest BCUT2D eigenvalue weighted by Crippen LogP contribution is 2.12. The van der Waals surface area contributed by atoms with Crippen molar-refractivity contribution in [1.29, 1.82) is 1.43 Å². The van der Waals surface area contributed by atoms with Crippen LogP contribution in [0.5, 0.6) is 0 Å². The molecule has 3 nitrogen and oxygen atoms in total. The molecule has 0 spiro atoms. The molecule has 3 N–H and O–H groups in total. The Morgan fingerprint density at radius 3 is 2.83 bits per heavy atom. The van der Waals surface area contributed by atoms with Crippen molar-refractivity contribution < 1.29 is 9.90 Å². The topological polar surface area (TPSA) is 63.3 Å². The van der Waals surface area contributed by atoms with Gasteiger partial charge in [0.2, 0.25) is 0 Å². The molecule has 0 aliphatic carbocycles. The van der Waals surface area contributed by atoms with Gasteiger partial charge in [-0.15, -0.1) is 0 Å². The highest BCUT2D eigenvalue weighted by Gasteiger charge is 2.08. The van der Waals surface area contributed by atoms with Gasteiger partial charge in [-0.3, -0.25) is 4.79 Å². The van der Waals surface area contributed by atoms with Crippen LogP contribution in [0.1, 0.15) is 18.0 Å². The van der Waals surface area contributed by atoms with Gasteiger partial charge in [-0.05, 0) is 5.56 Å². The van der Waals surface area contributed by atoms with Crippen molar-refractivity contribution >= 4 is 5.97 Å². The first-order valence-corrected chi connectivity index (χ1v) is 3.70. The summed E-state index contributed by atoms with van der Waals surface area (Å²) < 4.78 is 6.36. The summed E-state index contributed by atoms with van der Waals surface area (Å²) in [5, 5.41) is 3.77. The molecule has 0 saturated heterocycles. The van der Waals surface area contributed by atoms with Crippen LogP contribution in [0.2, 0.25) is 0 Å². The van der Waals surface area contributed by atoms with Crippen LogP contribution in [0.25, 0.3) is 1.43 Å². The van der Waals surface area contributed by atoms with Crippen LogP contribution in [0.15, 0.2) is 30.3 Å². The Bertz CT molecular complexity index is 276. The smallest absolute Gasteiger partial charge is 0.305 e. The van der Waals surface area contributed by atoms with Crippen molar-refractivity contribution in [1.82, 2.24) is 0 Å². The highest BCUT2D eigenvalue weighted by atomic mass is 16.4. The minimum Gasteiger partial charge on any atom is -0.481 e. The fraction of sp³-hybridized carbons (Fsp3) is 0.222. The zero-order valence-electron chi connectivity index (χ0n) is 7.57. The van der Waals surface area contributed by atoms with Gasteiger partial charge in [0.05, 0.1) is 6.42 Å². The van der Waals surface area contributed by atoms with Gasteiger partial charge in [0.1, 0.15) is 0 Å².